The quantitative estimate of drug-likeness (QED) is 0.861. The normalized spacial score (nSPS) is 13.9. The minimum absolute atomic E-state index is 0.239. The number of fused-ring (bicyclic) bond motifs is 1. The fraction of sp³-hybridized carbons (Fsp3) is 0.474. The second kappa shape index (κ2) is 8.02. The molecular weight excluding hydrogens is 357 g/mol. The summed E-state index contributed by atoms with van der Waals surface area (Å²) in [6, 6.07) is 4.58. The number of halogens is 3. The van der Waals surface area contributed by atoms with Crippen molar-refractivity contribution in [2.45, 2.75) is 44.9 Å². The van der Waals surface area contributed by atoms with E-state index in [-0.39, 0.29) is 12.6 Å². The van der Waals surface area contributed by atoms with Crippen LogP contribution >= 0.6 is 0 Å². The number of benzene rings is 1. The SMILES string of the molecule is CN(Cc1ccc(C(F)(F)F)cc1)C(=O)NCCc1cn2c(n1)CCCC2. The van der Waals surface area contributed by atoms with Crippen LogP contribution in [0.3, 0.4) is 0 Å². The molecule has 1 aromatic carbocycles. The summed E-state index contributed by atoms with van der Waals surface area (Å²) < 4.78 is 39.9. The number of imidazole rings is 1. The Bertz CT molecular complexity index is 760. The van der Waals surface area contributed by atoms with Gasteiger partial charge in [0, 0.05) is 45.7 Å². The number of urea groups is 1. The smallest absolute Gasteiger partial charge is 0.338 e. The topological polar surface area (TPSA) is 50.2 Å². The molecule has 1 aromatic heterocycles. The highest BCUT2D eigenvalue weighted by Crippen LogP contribution is 2.29. The van der Waals surface area contributed by atoms with Crippen molar-refractivity contribution in [2.75, 3.05) is 13.6 Å². The van der Waals surface area contributed by atoms with E-state index in [4.69, 9.17) is 0 Å². The van der Waals surface area contributed by atoms with E-state index in [0.717, 1.165) is 36.6 Å². The molecule has 0 fully saturated rings. The van der Waals surface area contributed by atoms with Crippen LogP contribution in [0.15, 0.2) is 30.5 Å². The first-order chi connectivity index (χ1) is 12.8. The average molecular weight is 380 g/mol. The monoisotopic (exact) mass is 380 g/mol. The molecule has 27 heavy (non-hydrogen) atoms. The number of aromatic nitrogens is 2. The molecule has 2 aromatic rings. The molecule has 0 atom stereocenters. The summed E-state index contributed by atoms with van der Waals surface area (Å²) in [4.78, 5) is 18.2. The van der Waals surface area contributed by atoms with Crippen LogP contribution < -0.4 is 5.32 Å². The summed E-state index contributed by atoms with van der Waals surface area (Å²) in [6.45, 7) is 1.71. The number of nitrogens with zero attached hydrogens (tertiary/aromatic N) is 3. The van der Waals surface area contributed by atoms with Crippen LogP contribution in [0.2, 0.25) is 0 Å². The molecule has 3 rings (SSSR count). The van der Waals surface area contributed by atoms with Crippen LogP contribution in [0.25, 0.3) is 0 Å². The highest BCUT2D eigenvalue weighted by Gasteiger charge is 2.30. The van der Waals surface area contributed by atoms with Crippen molar-refractivity contribution in [3.05, 3.63) is 53.1 Å². The minimum Gasteiger partial charge on any atom is -0.338 e. The molecule has 0 saturated carbocycles. The van der Waals surface area contributed by atoms with E-state index < -0.39 is 11.7 Å². The summed E-state index contributed by atoms with van der Waals surface area (Å²) >= 11 is 0. The molecule has 0 saturated heterocycles. The lowest BCUT2D eigenvalue weighted by molar-refractivity contribution is -0.137. The first-order valence-electron chi connectivity index (χ1n) is 9.03. The molecule has 1 aliphatic rings. The molecule has 0 unspecified atom stereocenters. The maximum Gasteiger partial charge on any atom is 0.416 e. The van der Waals surface area contributed by atoms with Crippen molar-refractivity contribution in [1.82, 2.24) is 19.8 Å². The van der Waals surface area contributed by atoms with Gasteiger partial charge in [0.2, 0.25) is 0 Å². The van der Waals surface area contributed by atoms with Gasteiger partial charge in [-0.1, -0.05) is 12.1 Å². The molecule has 8 heteroatoms. The third-order valence-corrected chi connectivity index (χ3v) is 4.66. The second-order valence-corrected chi connectivity index (χ2v) is 6.83. The number of amides is 2. The van der Waals surface area contributed by atoms with E-state index in [0.29, 0.717) is 18.5 Å². The van der Waals surface area contributed by atoms with Gasteiger partial charge in [0.05, 0.1) is 11.3 Å². The highest BCUT2D eigenvalue weighted by atomic mass is 19.4. The number of carbonyl (C=O) groups excluding carboxylic acids is 1. The summed E-state index contributed by atoms with van der Waals surface area (Å²) in [5.41, 5.74) is 0.918. The third kappa shape index (κ3) is 5.02. The molecule has 2 heterocycles. The Hall–Kier alpha value is -2.51. The van der Waals surface area contributed by atoms with Crippen molar-refractivity contribution in [1.29, 1.82) is 0 Å². The van der Waals surface area contributed by atoms with Gasteiger partial charge >= 0.3 is 12.2 Å². The molecule has 0 spiro atoms. The van der Waals surface area contributed by atoms with E-state index >= 15 is 0 Å². The average Bonchev–Trinajstić information content (AvgIpc) is 3.04. The standard InChI is InChI=1S/C19H23F3N4O/c1-25(12-14-5-7-15(8-6-14)19(20,21)22)18(27)23-10-9-16-13-26-11-3-2-4-17(26)24-16/h5-8,13H,2-4,9-12H2,1H3,(H,23,27). The van der Waals surface area contributed by atoms with Gasteiger partial charge in [0.1, 0.15) is 5.82 Å². The van der Waals surface area contributed by atoms with Crippen LogP contribution in [0.5, 0.6) is 0 Å². The summed E-state index contributed by atoms with van der Waals surface area (Å²) in [5, 5.41) is 2.82. The molecule has 2 amide bonds. The van der Waals surface area contributed by atoms with Gasteiger partial charge in [-0.2, -0.15) is 13.2 Å². The number of carbonyl (C=O) groups is 1. The lowest BCUT2D eigenvalue weighted by Crippen LogP contribution is -2.37. The fourth-order valence-electron chi connectivity index (χ4n) is 3.17. The number of aryl methyl sites for hydroxylation is 2. The van der Waals surface area contributed by atoms with Gasteiger partial charge in [-0.25, -0.2) is 9.78 Å². The van der Waals surface area contributed by atoms with E-state index in [9.17, 15) is 18.0 Å². The first-order valence-corrected chi connectivity index (χ1v) is 9.03. The van der Waals surface area contributed by atoms with Crippen molar-refractivity contribution in [2.24, 2.45) is 0 Å². The van der Waals surface area contributed by atoms with E-state index in [1.54, 1.807) is 7.05 Å². The molecule has 0 radical (unpaired) electrons. The predicted molar refractivity (Wildman–Crippen MR) is 95.2 cm³/mol. The maximum atomic E-state index is 12.6. The van der Waals surface area contributed by atoms with Gasteiger partial charge in [-0.15, -0.1) is 0 Å². The number of alkyl halides is 3. The zero-order chi connectivity index (χ0) is 19.4. The molecule has 1 aliphatic heterocycles. The van der Waals surface area contributed by atoms with Crippen molar-refractivity contribution in [3.63, 3.8) is 0 Å². The van der Waals surface area contributed by atoms with Crippen LogP contribution in [-0.2, 0) is 32.1 Å². The van der Waals surface area contributed by atoms with Crippen LogP contribution in [0.1, 0.15) is 35.5 Å². The molecule has 5 nitrogen and oxygen atoms in total. The van der Waals surface area contributed by atoms with E-state index in [1.807, 2.05) is 6.20 Å². The van der Waals surface area contributed by atoms with Gasteiger partial charge in [-0.05, 0) is 30.5 Å². The molecular formula is C19H23F3N4O. The Morgan fingerprint density at radius 1 is 1.26 bits per heavy atom. The van der Waals surface area contributed by atoms with Crippen molar-refractivity contribution >= 4 is 6.03 Å². The van der Waals surface area contributed by atoms with E-state index in [1.165, 1.54) is 29.9 Å². The summed E-state index contributed by atoms with van der Waals surface area (Å²) in [5.74, 6) is 1.11. The zero-order valence-corrected chi connectivity index (χ0v) is 15.2. The Morgan fingerprint density at radius 2 is 2.00 bits per heavy atom. The number of hydrogen-bond donors (Lipinski definition) is 1. The van der Waals surface area contributed by atoms with Gasteiger partial charge in [-0.3, -0.25) is 0 Å². The highest BCUT2D eigenvalue weighted by molar-refractivity contribution is 5.73. The van der Waals surface area contributed by atoms with Crippen LogP contribution in [-0.4, -0.2) is 34.1 Å². The Kier molecular flexibility index (Phi) is 5.72. The third-order valence-electron chi connectivity index (χ3n) is 4.66. The largest absolute Gasteiger partial charge is 0.416 e. The number of rotatable bonds is 5. The summed E-state index contributed by atoms with van der Waals surface area (Å²) in [7, 11) is 1.61. The fourth-order valence-corrected chi connectivity index (χ4v) is 3.17. The first kappa shape index (κ1) is 19.3. The number of hydrogen-bond acceptors (Lipinski definition) is 2. The van der Waals surface area contributed by atoms with Crippen LogP contribution in [0.4, 0.5) is 18.0 Å². The molecule has 0 aliphatic carbocycles. The van der Waals surface area contributed by atoms with Gasteiger partial charge < -0.3 is 14.8 Å². The summed E-state index contributed by atoms with van der Waals surface area (Å²) in [6.07, 6.45) is 1.69. The second-order valence-electron chi connectivity index (χ2n) is 6.83. The van der Waals surface area contributed by atoms with Crippen LogP contribution in [0, 0.1) is 0 Å². The lowest BCUT2D eigenvalue weighted by Gasteiger charge is -2.18. The van der Waals surface area contributed by atoms with Crippen molar-refractivity contribution in [3.8, 4) is 0 Å². The molecule has 146 valence electrons. The number of nitrogens with one attached hydrogen (secondary N) is 1. The van der Waals surface area contributed by atoms with E-state index in [2.05, 4.69) is 14.9 Å². The minimum atomic E-state index is -4.35. The molecule has 1 N–H and O–H groups in total. The maximum absolute atomic E-state index is 12.6. The Morgan fingerprint density at radius 3 is 2.67 bits per heavy atom. The van der Waals surface area contributed by atoms with Gasteiger partial charge in [0.15, 0.2) is 0 Å². The van der Waals surface area contributed by atoms with Gasteiger partial charge in [0.25, 0.3) is 0 Å². The zero-order valence-electron chi connectivity index (χ0n) is 15.2. The Balaban J connectivity index is 1.45. The Labute approximate surface area is 156 Å². The molecule has 0 bridgehead atoms. The lowest BCUT2D eigenvalue weighted by atomic mass is 10.1. The van der Waals surface area contributed by atoms with Crippen molar-refractivity contribution < 1.29 is 18.0 Å². The predicted octanol–water partition coefficient (Wildman–Crippen LogP) is 3.62.